The molecule has 0 bridgehead atoms. The van der Waals surface area contributed by atoms with Gasteiger partial charge in [-0.3, -0.25) is 24.1 Å². The van der Waals surface area contributed by atoms with E-state index in [1.165, 1.54) is 21.0 Å². The van der Waals surface area contributed by atoms with E-state index in [9.17, 15) is 24.0 Å². The molecule has 2 aromatic rings. The number of morpholine rings is 1. The lowest BCUT2D eigenvalue weighted by Crippen LogP contribution is -2.45. The number of nitrogens with zero attached hydrogens (tertiary/aromatic N) is 5. The Hall–Kier alpha value is -4.33. The van der Waals surface area contributed by atoms with E-state index in [2.05, 4.69) is 15.5 Å². The highest BCUT2D eigenvalue weighted by Crippen LogP contribution is 2.39. The van der Waals surface area contributed by atoms with Crippen LogP contribution in [0.4, 0.5) is 10.5 Å². The number of amides is 6. The number of nitrogens with one attached hydrogen (secondary N) is 1. The van der Waals surface area contributed by atoms with Gasteiger partial charge in [-0.1, -0.05) is 11.2 Å². The number of carbonyl (C=O) groups is 5. The lowest BCUT2D eigenvalue weighted by molar-refractivity contribution is -0.143. The minimum Gasteiger partial charge on any atom is -0.494 e. The van der Waals surface area contributed by atoms with Crippen molar-refractivity contribution in [3.8, 4) is 17.1 Å². The first-order valence-electron chi connectivity index (χ1n) is 13.0. The second-order valence-corrected chi connectivity index (χ2v) is 10.1. The smallest absolute Gasteiger partial charge is 0.334 e. The molecule has 1 saturated carbocycles. The number of rotatable bonds is 9. The highest BCUT2D eigenvalue weighted by atomic mass is 16.5. The van der Waals surface area contributed by atoms with Crippen molar-refractivity contribution < 1.29 is 38.0 Å². The Labute approximate surface area is 229 Å². The van der Waals surface area contributed by atoms with Crippen LogP contribution in [0.1, 0.15) is 38.1 Å². The van der Waals surface area contributed by atoms with Crippen molar-refractivity contribution in [1.82, 2.24) is 24.8 Å². The second kappa shape index (κ2) is 11.0. The molecule has 14 nitrogen and oxygen atoms in total. The zero-order valence-corrected chi connectivity index (χ0v) is 22.5. The minimum absolute atomic E-state index is 0.0462. The van der Waals surface area contributed by atoms with Crippen molar-refractivity contribution in [3.05, 3.63) is 23.6 Å². The summed E-state index contributed by atoms with van der Waals surface area (Å²) in [7, 11) is 1.44. The number of anilines is 1. The molecule has 2 aliphatic heterocycles. The molecule has 3 heterocycles. The second-order valence-electron chi connectivity index (χ2n) is 10.1. The molecule has 1 N–H and O–H groups in total. The number of imide groups is 2. The predicted octanol–water partition coefficient (Wildman–Crippen LogP) is 1.19. The molecule has 1 atom stereocenters. The Balaban J connectivity index is 1.44. The molecule has 5 rings (SSSR count). The first-order chi connectivity index (χ1) is 19.2. The molecule has 0 spiro atoms. The van der Waals surface area contributed by atoms with Crippen LogP contribution in [-0.4, -0.2) is 94.0 Å². The van der Waals surface area contributed by atoms with Gasteiger partial charge in [0.25, 0.3) is 0 Å². The average Bonchev–Trinajstić information content (AvgIpc) is 3.60. The van der Waals surface area contributed by atoms with E-state index < -0.39 is 17.8 Å². The highest BCUT2D eigenvalue weighted by Gasteiger charge is 2.46. The molecule has 40 heavy (non-hydrogen) atoms. The molecule has 6 amide bonds. The van der Waals surface area contributed by atoms with Crippen LogP contribution < -0.4 is 10.1 Å². The van der Waals surface area contributed by atoms with E-state index in [-0.39, 0.29) is 54.4 Å². The van der Waals surface area contributed by atoms with Gasteiger partial charge < -0.3 is 24.2 Å². The molecule has 3 fully saturated rings. The molecular weight excluding hydrogens is 524 g/mol. The highest BCUT2D eigenvalue weighted by molar-refractivity contribution is 6.44. The van der Waals surface area contributed by atoms with E-state index in [0.29, 0.717) is 42.9 Å². The van der Waals surface area contributed by atoms with Crippen LogP contribution in [0, 0.1) is 5.92 Å². The van der Waals surface area contributed by atoms with Crippen LogP contribution in [0.2, 0.25) is 0 Å². The van der Waals surface area contributed by atoms with Gasteiger partial charge in [0.15, 0.2) is 5.75 Å². The summed E-state index contributed by atoms with van der Waals surface area (Å²) in [6, 6.07) is 2.75. The van der Waals surface area contributed by atoms with E-state index in [0.717, 1.165) is 22.6 Å². The van der Waals surface area contributed by atoms with Crippen molar-refractivity contribution in [3.63, 3.8) is 0 Å². The first kappa shape index (κ1) is 27.2. The Morgan fingerprint density at radius 1 is 1.12 bits per heavy atom. The third-order valence-electron chi connectivity index (χ3n) is 7.05. The quantitative estimate of drug-likeness (QED) is 0.352. The molecule has 212 valence electrons. The summed E-state index contributed by atoms with van der Waals surface area (Å²) < 4.78 is 17.0. The van der Waals surface area contributed by atoms with Gasteiger partial charge in [-0.2, -0.15) is 4.98 Å². The van der Waals surface area contributed by atoms with E-state index in [1.54, 1.807) is 17.0 Å². The van der Waals surface area contributed by atoms with Crippen molar-refractivity contribution in [2.24, 2.45) is 5.92 Å². The summed E-state index contributed by atoms with van der Waals surface area (Å²) in [6.07, 6.45) is 1.88. The van der Waals surface area contributed by atoms with Crippen molar-refractivity contribution >= 4 is 35.3 Å². The number of urea groups is 1. The van der Waals surface area contributed by atoms with Gasteiger partial charge in [-0.25, -0.2) is 9.69 Å². The van der Waals surface area contributed by atoms with E-state index in [4.69, 9.17) is 14.0 Å². The Bertz CT molecular complexity index is 1370. The summed E-state index contributed by atoms with van der Waals surface area (Å²) in [6.45, 7) is 4.01. The molecule has 14 heteroatoms. The maximum absolute atomic E-state index is 12.8. The summed E-state index contributed by atoms with van der Waals surface area (Å²) >= 11 is 0. The number of ether oxygens (including phenoxy) is 2. The molecule has 3 aliphatic rings. The standard InChI is InChI=1S/C26H30N6O8/c1-14(33)27-19-7-6-17(10-18-12-30(15(2)34)8-9-39-18)21(22(19)38-3)23-28-20(40-29-23)13-32-25(36)24(35)31(26(32)37)11-16-4-5-16/h6-7,16,18H,4-5,8-13H2,1-3H3,(H,27,33). The molecule has 1 unspecified atom stereocenters. The Morgan fingerprint density at radius 2 is 1.88 bits per heavy atom. The monoisotopic (exact) mass is 554 g/mol. The number of aromatic nitrogens is 2. The SMILES string of the molecule is COc1c(NC(C)=O)ccc(CC2CN(C(C)=O)CCO2)c1-c1noc(CN2C(=O)C(=O)N(CC3CC3)C2=O)n1. The third kappa shape index (κ3) is 5.52. The largest absolute Gasteiger partial charge is 0.494 e. The van der Waals surface area contributed by atoms with Gasteiger partial charge in [0.2, 0.25) is 23.5 Å². The fourth-order valence-corrected chi connectivity index (χ4v) is 4.88. The lowest BCUT2D eigenvalue weighted by Gasteiger charge is -2.32. The Kier molecular flexibility index (Phi) is 7.52. The van der Waals surface area contributed by atoms with Crippen LogP contribution in [-0.2, 0) is 36.9 Å². The van der Waals surface area contributed by atoms with Crippen LogP contribution >= 0.6 is 0 Å². The van der Waals surface area contributed by atoms with Gasteiger partial charge in [-0.15, -0.1) is 0 Å². The first-order valence-corrected chi connectivity index (χ1v) is 13.0. The maximum Gasteiger partial charge on any atom is 0.334 e. The number of benzene rings is 1. The van der Waals surface area contributed by atoms with Gasteiger partial charge in [0.05, 0.1) is 31.1 Å². The molecule has 0 radical (unpaired) electrons. The topological polar surface area (TPSA) is 164 Å². The Morgan fingerprint density at radius 3 is 2.55 bits per heavy atom. The van der Waals surface area contributed by atoms with Crippen LogP contribution in [0.15, 0.2) is 16.7 Å². The molecule has 1 aliphatic carbocycles. The summed E-state index contributed by atoms with van der Waals surface area (Å²) in [5, 5.41) is 6.79. The minimum atomic E-state index is -0.944. The summed E-state index contributed by atoms with van der Waals surface area (Å²) in [5.74, 6) is -1.64. The zero-order chi connectivity index (χ0) is 28.6. The van der Waals surface area contributed by atoms with Gasteiger partial charge in [-0.05, 0) is 30.4 Å². The number of hydrogen-bond acceptors (Lipinski definition) is 10. The van der Waals surface area contributed by atoms with Crippen LogP contribution in [0.5, 0.6) is 5.75 Å². The fraction of sp³-hybridized carbons (Fsp3) is 0.500. The number of hydrogen-bond donors (Lipinski definition) is 1. The molecule has 1 aromatic carbocycles. The summed E-state index contributed by atoms with van der Waals surface area (Å²) in [4.78, 5) is 69.3. The van der Waals surface area contributed by atoms with Crippen LogP contribution in [0.3, 0.4) is 0 Å². The molecule has 1 aromatic heterocycles. The van der Waals surface area contributed by atoms with E-state index in [1.807, 2.05) is 0 Å². The normalized spacial score (nSPS) is 19.4. The fourth-order valence-electron chi connectivity index (χ4n) is 4.88. The number of methoxy groups -OCH3 is 1. The van der Waals surface area contributed by atoms with Gasteiger partial charge >= 0.3 is 17.8 Å². The lowest BCUT2D eigenvalue weighted by atomic mass is 9.98. The number of carbonyl (C=O) groups excluding carboxylic acids is 5. The molecule has 2 saturated heterocycles. The molecular formula is C26H30N6O8. The average molecular weight is 555 g/mol. The van der Waals surface area contributed by atoms with Gasteiger partial charge in [0, 0.05) is 39.9 Å². The zero-order valence-electron chi connectivity index (χ0n) is 22.5. The van der Waals surface area contributed by atoms with Crippen molar-refractivity contribution in [2.45, 2.75) is 45.8 Å². The maximum atomic E-state index is 12.8. The van der Waals surface area contributed by atoms with Crippen molar-refractivity contribution in [2.75, 3.05) is 38.7 Å². The van der Waals surface area contributed by atoms with Crippen molar-refractivity contribution in [1.29, 1.82) is 0 Å². The third-order valence-corrected chi connectivity index (χ3v) is 7.05. The summed E-state index contributed by atoms with van der Waals surface area (Å²) in [5.41, 5.74) is 1.49. The van der Waals surface area contributed by atoms with Crippen LogP contribution in [0.25, 0.3) is 11.4 Å². The van der Waals surface area contributed by atoms with Gasteiger partial charge in [0.1, 0.15) is 6.54 Å². The predicted molar refractivity (Wildman–Crippen MR) is 137 cm³/mol. The van der Waals surface area contributed by atoms with E-state index >= 15 is 0 Å².